The molecule has 1 atom stereocenters. The summed E-state index contributed by atoms with van der Waals surface area (Å²) >= 11 is 0. The third-order valence-electron chi connectivity index (χ3n) is 2.16. The number of aliphatic hydroxyl groups is 1. The van der Waals surface area contributed by atoms with Gasteiger partial charge in [0.1, 0.15) is 11.6 Å². The van der Waals surface area contributed by atoms with E-state index in [9.17, 15) is 8.78 Å². The predicted molar refractivity (Wildman–Crippen MR) is 58.9 cm³/mol. The number of hydrogen-bond acceptors (Lipinski definition) is 3. The Morgan fingerprint density at radius 2 is 1.88 bits per heavy atom. The van der Waals surface area contributed by atoms with Crippen LogP contribution in [0, 0.1) is 11.6 Å². The van der Waals surface area contributed by atoms with E-state index in [1.165, 1.54) is 0 Å². The summed E-state index contributed by atoms with van der Waals surface area (Å²) in [6.07, 6.45) is 2.03. The number of β-amino-alcohol motifs (C(OH)–C–C–N with tert-alkyl or cyclic N) is 1. The number of nitrogens with two attached hydrogens (primary N) is 1. The smallest absolute Gasteiger partial charge is 0.128 e. The van der Waals surface area contributed by atoms with Crippen molar-refractivity contribution in [1.82, 2.24) is 5.32 Å². The van der Waals surface area contributed by atoms with Gasteiger partial charge in [-0.2, -0.15) is 0 Å². The number of hydrogen-bond donors (Lipinski definition) is 3. The van der Waals surface area contributed by atoms with E-state index in [-0.39, 0.29) is 11.8 Å². The molecule has 1 heterocycles. The number of aliphatic hydroxyl groups excluding tert-OH is 1. The Morgan fingerprint density at radius 3 is 2.19 bits per heavy atom. The van der Waals surface area contributed by atoms with E-state index < -0.39 is 11.6 Å². The molecule has 1 unspecified atom stereocenters. The Bertz CT molecular complexity index is 277. The highest BCUT2D eigenvalue weighted by Gasteiger charge is 2.06. The van der Waals surface area contributed by atoms with Gasteiger partial charge in [-0.15, -0.1) is 0 Å². The van der Waals surface area contributed by atoms with Gasteiger partial charge in [0.15, 0.2) is 0 Å². The highest BCUT2D eigenvalue weighted by Crippen LogP contribution is 2.07. The van der Waals surface area contributed by atoms with E-state index in [1.807, 2.05) is 0 Å². The van der Waals surface area contributed by atoms with Gasteiger partial charge in [-0.25, -0.2) is 8.78 Å². The molecular weight excluding hydrogens is 214 g/mol. The second-order valence-corrected chi connectivity index (χ2v) is 3.70. The molecule has 1 saturated heterocycles. The number of benzene rings is 1. The van der Waals surface area contributed by atoms with E-state index in [4.69, 9.17) is 10.8 Å². The van der Waals surface area contributed by atoms with Crippen LogP contribution in [-0.2, 0) is 0 Å². The minimum Gasteiger partial charge on any atom is -0.399 e. The average molecular weight is 230 g/mol. The molecule has 4 N–H and O–H groups in total. The van der Waals surface area contributed by atoms with Crippen molar-refractivity contribution in [2.45, 2.75) is 18.9 Å². The molecule has 0 saturated carbocycles. The molecule has 1 aromatic carbocycles. The van der Waals surface area contributed by atoms with Crippen LogP contribution in [-0.4, -0.2) is 24.3 Å². The predicted octanol–water partition coefficient (Wildman–Crippen LogP) is 1.28. The van der Waals surface area contributed by atoms with Crippen LogP contribution in [0.15, 0.2) is 18.2 Å². The van der Waals surface area contributed by atoms with Crippen molar-refractivity contribution >= 4 is 5.69 Å². The summed E-state index contributed by atoms with van der Waals surface area (Å²) in [5.74, 6) is -1.29. The maximum atomic E-state index is 12.1. The van der Waals surface area contributed by atoms with Crippen LogP contribution in [0.5, 0.6) is 0 Å². The van der Waals surface area contributed by atoms with Gasteiger partial charge in [0.05, 0.1) is 6.10 Å². The fraction of sp³-hybridized carbons (Fsp3) is 0.455. The first-order valence-electron chi connectivity index (χ1n) is 5.18. The van der Waals surface area contributed by atoms with Gasteiger partial charge in [-0.3, -0.25) is 0 Å². The third kappa shape index (κ3) is 5.04. The van der Waals surface area contributed by atoms with Crippen molar-refractivity contribution < 1.29 is 13.9 Å². The van der Waals surface area contributed by atoms with Gasteiger partial charge >= 0.3 is 0 Å². The maximum Gasteiger partial charge on any atom is 0.128 e. The van der Waals surface area contributed by atoms with Gasteiger partial charge in [0.25, 0.3) is 0 Å². The van der Waals surface area contributed by atoms with E-state index in [0.717, 1.165) is 44.1 Å². The Hall–Kier alpha value is -1.20. The molecule has 0 aliphatic carbocycles. The number of piperidine rings is 1. The van der Waals surface area contributed by atoms with Crippen molar-refractivity contribution in [2.75, 3.05) is 18.8 Å². The zero-order valence-electron chi connectivity index (χ0n) is 8.92. The summed E-state index contributed by atoms with van der Waals surface area (Å²) in [5.41, 5.74) is 5.18. The quantitative estimate of drug-likeness (QED) is 0.588. The van der Waals surface area contributed by atoms with Crippen molar-refractivity contribution in [2.24, 2.45) is 0 Å². The van der Waals surface area contributed by atoms with Gasteiger partial charge in [0.2, 0.25) is 0 Å². The number of rotatable bonds is 0. The first-order valence-corrected chi connectivity index (χ1v) is 5.18. The number of nitrogens with one attached hydrogen (secondary N) is 1. The number of nitrogen functional groups attached to an aromatic ring is 1. The molecule has 0 aromatic heterocycles. The largest absolute Gasteiger partial charge is 0.399 e. The molecule has 0 radical (unpaired) electrons. The van der Waals surface area contributed by atoms with E-state index in [1.54, 1.807) is 0 Å². The minimum atomic E-state index is -0.646. The van der Waals surface area contributed by atoms with Crippen LogP contribution in [0.4, 0.5) is 14.5 Å². The van der Waals surface area contributed by atoms with Crippen molar-refractivity contribution in [3.05, 3.63) is 29.8 Å². The van der Waals surface area contributed by atoms with E-state index >= 15 is 0 Å². The topological polar surface area (TPSA) is 58.3 Å². The van der Waals surface area contributed by atoms with Crippen LogP contribution < -0.4 is 11.1 Å². The van der Waals surface area contributed by atoms with Crippen LogP contribution >= 0.6 is 0 Å². The molecule has 1 aromatic rings. The van der Waals surface area contributed by atoms with Gasteiger partial charge in [-0.05, 0) is 31.5 Å². The van der Waals surface area contributed by atoms with Crippen molar-refractivity contribution in [3.8, 4) is 0 Å². The molecule has 0 spiro atoms. The number of halogens is 2. The lowest BCUT2D eigenvalue weighted by Crippen LogP contribution is -2.33. The van der Waals surface area contributed by atoms with Crippen LogP contribution in [0.3, 0.4) is 0 Å². The molecule has 0 amide bonds. The first kappa shape index (κ1) is 12.9. The Morgan fingerprint density at radius 1 is 1.25 bits per heavy atom. The molecule has 1 aliphatic heterocycles. The van der Waals surface area contributed by atoms with E-state index in [2.05, 4.69) is 5.32 Å². The van der Waals surface area contributed by atoms with Crippen molar-refractivity contribution in [3.63, 3.8) is 0 Å². The molecule has 16 heavy (non-hydrogen) atoms. The zero-order valence-corrected chi connectivity index (χ0v) is 8.92. The molecule has 1 fully saturated rings. The Kier molecular flexibility index (Phi) is 5.14. The first-order chi connectivity index (χ1) is 7.58. The summed E-state index contributed by atoms with van der Waals surface area (Å²) in [7, 11) is 0. The van der Waals surface area contributed by atoms with Gasteiger partial charge in [-0.1, -0.05) is 0 Å². The summed E-state index contributed by atoms with van der Waals surface area (Å²) in [5, 5.41) is 11.9. The maximum absolute atomic E-state index is 12.1. The molecule has 3 nitrogen and oxygen atoms in total. The summed E-state index contributed by atoms with van der Waals surface area (Å²) in [6.45, 7) is 1.87. The molecular formula is C11H16F2N2O. The summed E-state index contributed by atoms with van der Waals surface area (Å²) < 4.78 is 24.2. The zero-order chi connectivity index (χ0) is 12.0. The molecule has 1 aliphatic rings. The molecule has 5 heteroatoms. The van der Waals surface area contributed by atoms with E-state index in [0.29, 0.717) is 0 Å². The third-order valence-corrected chi connectivity index (χ3v) is 2.16. The average Bonchev–Trinajstić information content (AvgIpc) is 2.17. The summed E-state index contributed by atoms with van der Waals surface area (Å²) in [6, 6.07) is 2.89. The normalized spacial score (nSPS) is 19.8. The van der Waals surface area contributed by atoms with Crippen LogP contribution in [0.25, 0.3) is 0 Å². The fourth-order valence-corrected chi connectivity index (χ4v) is 1.41. The fourth-order valence-electron chi connectivity index (χ4n) is 1.41. The lowest BCUT2D eigenvalue weighted by atomic mass is 10.1. The lowest BCUT2D eigenvalue weighted by molar-refractivity contribution is 0.142. The van der Waals surface area contributed by atoms with Gasteiger partial charge in [0, 0.05) is 18.3 Å². The van der Waals surface area contributed by atoms with Crippen LogP contribution in [0.1, 0.15) is 12.8 Å². The second kappa shape index (κ2) is 6.40. The lowest BCUT2D eigenvalue weighted by Gasteiger charge is -2.16. The van der Waals surface area contributed by atoms with Crippen LogP contribution in [0.2, 0.25) is 0 Å². The SMILES string of the molecule is Nc1cc(F)cc(F)c1.OC1CCCNC1. The second-order valence-electron chi connectivity index (χ2n) is 3.70. The molecule has 90 valence electrons. The highest BCUT2D eigenvalue weighted by molar-refractivity contribution is 5.37. The standard InChI is InChI=1S/C6H5F2N.C5H11NO/c7-4-1-5(8)3-6(9)2-4;7-5-2-1-3-6-4-5/h1-3H,9H2;5-7H,1-4H2. The van der Waals surface area contributed by atoms with Gasteiger partial charge < -0.3 is 16.2 Å². The summed E-state index contributed by atoms with van der Waals surface area (Å²) in [4.78, 5) is 0. The monoisotopic (exact) mass is 230 g/mol. The Balaban J connectivity index is 0.000000165. The molecule has 0 bridgehead atoms. The molecule has 2 rings (SSSR count). The Labute approximate surface area is 93.3 Å². The van der Waals surface area contributed by atoms with Crippen molar-refractivity contribution in [1.29, 1.82) is 0 Å². The minimum absolute atomic E-state index is 0.0752. The highest BCUT2D eigenvalue weighted by atomic mass is 19.1. The number of anilines is 1.